The van der Waals surface area contributed by atoms with Crippen LogP contribution in [-0.2, 0) is 17.8 Å². The van der Waals surface area contributed by atoms with Crippen molar-refractivity contribution in [3.8, 4) is 0 Å². The predicted molar refractivity (Wildman–Crippen MR) is 61.1 cm³/mol. The van der Waals surface area contributed by atoms with Crippen molar-refractivity contribution in [3.63, 3.8) is 0 Å². The average Bonchev–Trinajstić information content (AvgIpc) is 2.70. The molecule has 0 unspecified atom stereocenters. The van der Waals surface area contributed by atoms with Gasteiger partial charge in [-0.25, -0.2) is 9.59 Å². The highest BCUT2D eigenvalue weighted by molar-refractivity contribution is 5.89. The Morgan fingerprint density at radius 2 is 2.06 bits per heavy atom. The molecule has 1 amide bonds. The summed E-state index contributed by atoms with van der Waals surface area (Å²) in [5, 5.41) is 8.95. The van der Waals surface area contributed by atoms with Crippen molar-refractivity contribution in [1.82, 2.24) is 4.90 Å². The second kappa shape index (κ2) is 4.04. The molecular formula is C12H15NO5. The normalized spacial score (nSPS) is 14.5. The van der Waals surface area contributed by atoms with E-state index in [1.807, 2.05) is 0 Å². The van der Waals surface area contributed by atoms with Crippen molar-refractivity contribution >= 4 is 12.1 Å². The number of hydrogen-bond acceptors (Lipinski definition) is 4. The molecule has 1 aliphatic rings. The van der Waals surface area contributed by atoms with Gasteiger partial charge in [0.2, 0.25) is 0 Å². The van der Waals surface area contributed by atoms with E-state index in [2.05, 4.69) is 0 Å². The fourth-order valence-electron chi connectivity index (χ4n) is 1.78. The summed E-state index contributed by atoms with van der Waals surface area (Å²) in [6.07, 6.45) is 0.740. The van der Waals surface area contributed by atoms with Crippen LogP contribution in [0.3, 0.4) is 0 Å². The lowest BCUT2D eigenvalue weighted by Gasteiger charge is -2.24. The van der Waals surface area contributed by atoms with Crippen molar-refractivity contribution in [2.75, 3.05) is 0 Å². The first kappa shape index (κ1) is 12.5. The van der Waals surface area contributed by atoms with E-state index in [4.69, 9.17) is 14.3 Å². The van der Waals surface area contributed by atoms with Gasteiger partial charge in [-0.3, -0.25) is 4.90 Å². The van der Waals surface area contributed by atoms with Gasteiger partial charge in [0.25, 0.3) is 0 Å². The van der Waals surface area contributed by atoms with Crippen LogP contribution in [0, 0.1) is 0 Å². The predicted octanol–water partition coefficient (Wildman–Crippen LogP) is 2.23. The highest BCUT2D eigenvalue weighted by atomic mass is 16.6. The van der Waals surface area contributed by atoms with E-state index in [0.717, 1.165) is 0 Å². The summed E-state index contributed by atoms with van der Waals surface area (Å²) in [6.45, 7) is 5.80. The van der Waals surface area contributed by atoms with Gasteiger partial charge in [-0.15, -0.1) is 0 Å². The van der Waals surface area contributed by atoms with Crippen molar-refractivity contribution in [3.05, 3.63) is 23.2 Å². The van der Waals surface area contributed by atoms with Crippen LogP contribution in [0.2, 0.25) is 0 Å². The van der Waals surface area contributed by atoms with Crippen molar-refractivity contribution in [1.29, 1.82) is 0 Å². The monoisotopic (exact) mass is 253 g/mol. The highest BCUT2D eigenvalue weighted by Gasteiger charge is 2.33. The molecule has 1 aromatic rings. The first-order valence-corrected chi connectivity index (χ1v) is 5.58. The van der Waals surface area contributed by atoms with E-state index in [1.165, 1.54) is 11.2 Å². The summed E-state index contributed by atoms with van der Waals surface area (Å²) in [5.41, 5.74) is 0.0839. The maximum Gasteiger partial charge on any atom is 0.411 e. The summed E-state index contributed by atoms with van der Waals surface area (Å²) in [5.74, 6) is -0.538. The molecule has 6 nitrogen and oxygen atoms in total. The molecule has 1 aromatic heterocycles. The minimum atomic E-state index is -1.05. The van der Waals surface area contributed by atoms with Gasteiger partial charge in [-0.05, 0) is 20.8 Å². The zero-order valence-electron chi connectivity index (χ0n) is 10.5. The molecule has 1 N–H and O–H groups in total. The molecule has 1 aliphatic heterocycles. The fourth-order valence-corrected chi connectivity index (χ4v) is 1.78. The molecule has 0 bridgehead atoms. The van der Waals surface area contributed by atoms with Gasteiger partial charge in [-0.1, -0.05) is 0 Å². The van der Waals surface area contributed by atoms with Crippen molar-refractivity contribution in [2.45, 2.75) is 39.5 Å². The molecule has 0 spiro atoms. The van der Waals surface area contributed by atoms with Gasteiger partial charge in [0, 0.05) is 5.56 Å². The first-order chi connectivity index (χ1) is 8.28. The number of carboxylic acids is 1. The van der Waals surface area contributed by atoms with Crippen molar-refractivity contribution in [2.24, 2.45) is 0 Å². The Morgan fingerprint density at radius 1 is 1.39 bits per heavy atom. The van der Waals surface area contributed by atoms with Crippen LogP contribution in [0.15, 0.2) is 10.7 Å². The SMILES string of the molecule is CC(C)(C)OC(=O)N1Cc2occ(C(=O)O)c2C1. The van der Waals surface area contributed by atoms with Gasteiger partial charge < -0.3 is 14.3 Å². The maximum atomic E-state index is 11.8. The Kier molecular flexibility index (Phi) is 2.80. The largest absolute Gasteiger partial charge is 0.478 e. The molecule has 0 radical (unpaired) electrons. The van der Waals surface area contributed by atoms with Gasteiger partial charge in [0.15, 0.2) is 0 Å². The van der Waals surface area contributed by atoms with Gasteiger partial charge in [0.05, 0.1) is 13.1 Å². The zero-order valence-corrected chi connectivity index (χ0v) is 10.5. The van der Waals surface area contributed by atoms with Crippen LogP contribution >= 0.6 is 0 Å². The Balaban J connectivity index is 2.11. The molecule has 2 rings (SSSR count). The summed E-state index contributed by atoms with van der Waals surface area (Å²) in [4.78, 5) is 24.2. The Morgan fingerprint density at radius 3 is 2.61 bits per heavy atom. The molecule has 0 aliphatic carbocycles. The van der Waals surface area contributed by atoms with E-state index in [-0.39, 0.29) is 18.7 Å². The maximum absolute atomic E-state index is 11.8. The number of aromatic carboxylic acids is 1. The molecule has 0 aromatic carbocycles. The lowest BCUT2D eigenvalue weighted by Crippen LogP contribution is -2.33. The number of ether oxygens (including phenoxy) is 1. The Bertz CT molecular complexity index is 497. The fraction of sp³-hybridized carbons (Fsp3) is 0.500. The third-order valence-corrected chi connectivity index (χ3v) is 2.55. The Labute approximate surface area is 104 Å². The Hall–Kier alpha value is -1.98. The standard InChI is InChI=1S/C12H15NO5/c1-12(2,3)18-11(16)13-4-7-8(10(14)15)6-17-9(7)5-13/h6H,4-5H2,1-3H3,(H,14,15). The second-order valence-electron chi connectivity index (χ2n) is 5.19. The molecule has 0 saturated heterocycles. The molecule has 0 saturated carbocycles. The van der Waals surface area contributed by atoms with E-state index in [9.17, 15) is 9.59 Å². The lowest BCUT2D eigenvalue weighted by molar-refractivity contribution is 0.0232. The number of rotatable bonds is 1. The molecular weight excluding hydrogens is 238 g/mol. The minimum absolute atomic E-state index is 0.107. The summed E-state index contributed by atoms with van der Waals surface area (Å²) >= 11 is 0. The van der Waals surface area contributed by atoms with E-state index < -0.39 is 17.7 Å². The number of hydrogen-bond donors (Lipinski definition) is 1. The van der Waals surface area contributed by atoms with Gasteiger partial charge >= 0.3 is 12.1 Å². The lowest BCUT2D eigenvalue weighted by atomic mass is 10.2. The van der Waals surface area contributed by atoms with E-state index in [1.54, 1.807) is 20.8 Å². The minimum Gasteiger partial charge on any atom is -0.478 e. The van der Waals surface area contributed by atoms with Crippen molar-refractivity contribution < 1.29 is 23.8 Å². The third-order valence-electron chi connectivity index (χ3n) is 2.55. The number of carbonyl (C=O) groups is 2. The number of carboxylic acid groups (broad SMARTS) is 1. The number of nitrogens with zero attached hydrogens (tertiary/aromatic N) is 1. The van der Waals surface area contributed by atoms with Crippen LogP contribution in [0.1, 0.15) is 42.5 Å². The molecule has 0 atom stereocenters. The highest BCUT2D eigenvalue weighted by Crippen LogP contribution is 2.28. The quantitative estimate of drug-likeness (QED) is 0.830. The second-order valence-corrected chi connectivity index (χ2v) is 5.19. The van der Waals surface area contributed by atoms with Crippen LogP contribution in [0.4, 0.5) is 4.79 Å². The molecule has 2 heterocycles. The zero-order chi connectivity index (χ0) is 13.5. The number of amides is 1. The summed E-state index contributed by atoms with van der Waals surface area (Å²) in [7, 11) is 0. The number of fused-ring (bicyclic) bond motifs is 1. The number of furan rings is 1. The number of carbonyl (C=O) groups excluding carboxylic acids is 1. The van der Waals surface area contributed by atoms with Crippen LogP contribution < -0.4 is 0 Å². The van der Waals surface area contributed by atoms with Crippen LogP contribution in [-0.4, -0.2) is 27.7 Å². The molecule has 0 fully saturated rings. The molecule has 98 valence electrons. The molecule has 18 heavy (non-hydrogen) atoms. The first-order valence-electron chi connectivity index (χ1n) is 5.58. The topological polar surface area (TPSA) is 80.0 Å². The average molecular weight is 253 g/mol. The summed E-state index contributed by atoms with van der Waals surface area (Å²) in [6, 6.07) is 0. The smallest absolute Gasteiger partial charge is 0.411 e. The molecule has 6 heteroatoms. The van der Waals surface area contributed by atoms with Gasteiger partial charge in [-0.2, -0.15) is 0 Å². The van der Waals surface area contributed by atoms with E-state index >= 15 is 0 Å². The third kappa shape index (κ3) is 2.32. The van der Waals surface area contributed by atoms with Gasteiger partial charge in [0.1, 0.15) is 23.2 Å². The van der Waals surface area contributed by atoms with E-state index in [0.29, 0.717) is 11.3 Å². The van der Waals surface area contributed by atoms with Crippen LogP contribution in [0.25, 0.3) is 0 Å². The summed E-state index contributed by atoms with van der Waals surface area (Å²) < 4.78 is 10.4. The van der Waals surface area contributed by atoms with Crippen LogP contribution in [0.5, 0.6) is 0 Å².